The highest BCUT2D eigenvalue weighted by Gasteiger charge is 2.48. The molecule has 4 saturated heterocycles. The van der Waals surface area contributed by atoms with Gasteiger partial charge in [-0.3, -0.25) is 28.8 Å². The van der Waals surface area contributed by atoms with Gasteiger partial charge in [-0.2, -0.15) is 5.11 Å². The molecule has 38 nitrogen and oxygen atoms in total. The van der Waals surface area contributed by atoms with Crippen LogP contribution in [0.3, 0.4) is 0 Å². The van der Waals surface area contributed by atoms with Crippen LogP contribution in [0, 0.1) is 22.8 Å². The molecule has 38 heteroatoms. The molecule has 0 spiro atoms. The molecule has 1 unspecified atom stereocenters. The second kappa shape index (κ2) is 48.1. The lowest BCUT2D eigenvalue weighted by Gasteiger charge is -2.42. The number of ether oxygens (including phenoxy) is 8. The Hall–Kier alpha value is -5.22. The fourth-order valence-electron chi connectivity index (χ4n) is 13.9. The zero-order valence-electron chi connectivity index (χ0n) is 64.6. The molecule has 2 aromatic rings. The van der Waals surface area contributed by atoms with Crippen LogP contribution in [0.25, 0.3) is 0 Å². The lowest BCUT2D eigenvalue weighted by Crippen LogP contribution is -2.64. The van der Waals surface area contributed by atoms with E-state index in [9.17, 15) is 70.9 Å². The van der Waals surface area contributed by atoms with Gasteiger partial charge < -0.3 is 126 Å². The number of nitrogens with one attached hydrogen (secondary N) is 4. The van der Waals surface area contributed by atoms with Crippen molar-refractivity contribution in [1.82, 2.24) is 60.7 Å². The Kier molecular flexibility index (Phi) is 40.9. The third-order valence-electron chi connectivity index (χ3n) is 20.2. The Morgan fingerprint density at radius 3 is 1.40 bits per heavy atom. The first kappa shape index (κ1) is 92.6. The molecular weight excluding hydrogens is 1430 g/mol. The van der Waals surface area contributed by atoms with Gasteiger partial charge in [0.15, 0.2) is 25.2 Å². The number of unbranched alkanes of at least 4 members (excludes halogenated alkanes) is 9. The molecule has 2 aromatic heterocycles. The highest BCUT2D eigenvalue weighted by molar-refractivity contribution is 5.73. The van der Waals surface area contributed by atoms with Gasteiger partial charge in [-0.1, -0.05) is 51.5 Å². The maximum Gasteiger partial charge on any atom is 0.217 e. The van der Waals surface area contributed by atoms with E-state index in [1.807, 2.05) is 17.1 Å². The first-order valence-electron chi connectivity index (χ1n) is 38.6. The van der Waals surface area contributed by atoms with Crippen molar-refractivity contribution in [3.05, 3.63) is 47.6 Å². The molecule has 6 rings (SSSR count). The average Bonchev–Trinajstić information content (AvgIpc) is 1.09. The van der Waals surface area contributed by atoms with Crippen molar-refractivity contribution < 1.29 is 109 Å². The fraction of sp³-hybridized carbons (Fsp3) is 0.859. The van der Waals surface area contributed by atoms with Gasteiger partial charge in [0.25, 0.3) is 0 Å². The normalized spacial score (nSPS) is 29.6. The Labute approximate surface area is 639 Å². The van der Waals surface area contributed by atoms with Crippen molar-refractivity contribution in [3.8, 4) is 0 Å². The van der Waals surface area contributed by atoms with Crippen LogP contribution in [0.4, 0.5) is 0 Å². The van der Waals surface area contributed by atoms with Gasteiger partial charge in [-0.15, -0.1) is 10.2 Å². The van der Waals surface area contributed by atoms with E-state index in [2.05, 4.69) is 72.3 Å². The predicted molar refractivity (Wildman–Crippen MR) is 391 cm³/mol. The second-order valence-corrected chi connectivity index (χ2v) is 30.3. The number of hydrogen-bond acceptors (Lipinski definition) is 34. The summed E-state index contributed by atoms with van der Waals surface area (Å²) >= 11 is 0. The number of nitrogens with two attached hydrogens (primary N) is 2. The van der Waals surface area contributed by atoms with Crippen LogP contribution in [0.5, 0.6) is 0 Å². The van der Waals surface area contributed by atoms with Crippen molar-refractivity contribution >= 4 is 11.8 Å². The molecule has 0 aromatic carbocycles. The number of nitrogens with zero attached hydrogens (tertiary/aromatic N) is 10. The monoisotopic (exact) mass is 1560 g/mol. The van der Waals surface area contributed by atoms with Gasteiger partial charge >= 0.3 is 0 Å². The average molecular weight is 1560 g/mol. The minimum atomic E-state index is -1.43. The van der Waals surface area contributed by atoms with Crippen molar-refractivity contribution in [2.24, 2.45) is 33.9 Å². The third kappa shape index (κ3) is 30.2. The molecule has 626 valence electrons. The molecule has 20 N–H and O–H groups in total. The SMILES string of the molecule is CC(=O)N[C@H]1[C@H](OCCCCCN(N)/C=C(\N)CN(C/C(=C/NCCCCCO[C@@H]2O[C@H](CO)[C@H](O)[C@H](O)[C@H]2C)N=N)C(CCCCN(Cc2cn(CCCCCO[C@@H]3O[C@H](CO)[C@H](O)[C@H](O)[C@H]3C)nn2)Cc2cn(CCCCCO[C@@H]3O[C@H](CO)[C@H](O)[C@H](O)[C@H]3NC(C)=O)nn2)C(C)(C)C)O[C@H](CO)[C@H](O)[C@@H]1O. The predicted octanol–water partition coefficient (Wildman–Crippen LogP) is -2.02. The second-order valence-electron chi connectivity index (χ2n) is 30.3. The van der Waals surface area contributed by atoms with E-state index < -0.39 is 161 Å². The third-order valence-corrected chi connectivity index (χ3v) is 20.2. The van der Waals surface area contributed by atoms with Gasteiger partial charge in [0.2, 0.25) is 11.8 Å². The first-order valence-corrected chi connectivity index (χ1v) is 38.6. The number of hydrogen-bond donors (Lipinski definition) is 18. The highest BCUT2D eigenvalue weighted by atomic mass is 16.7. The van der Waals surface area contributed by atoms with Crippen LogP contribution >= 0.6 is 0 Å². The van der Waals surface area contributed by atoms with E-state index in [1.165, 1.54) is 18.9 Å². The van der Waals surface area contributed by atoms with Crippen molar-refractivity contribution in [2.45, 2.75) is 287 Å². The maximum atomic E-state index is 11.9. The highest BCUT2D eigenvalue weighted by Crippen LogP contribution is 2.33. The molecular formula is C71H130N16O22. The number of carbonyl (C=O) groups is 2. The molecule has 4 aliphatic rings. The molecule has 21 atom stereocenters. The van der Waals surface area contributed by atoms with E-state index in [0.717, 1.165) is 69.2 Å². The lowest BCUT2D eigenvalue weighted by atomic mass is 9.82. The summed E-state index contributed by atoms with van der Waals surface area (Å²) in [6, 6.07) is -2.18. The van der Waals surface area contributed by atoms with Gasteiger partial charge in [0, 0.05) is 141 Å². The Morgan fingerprint density at radius 2 is 0.982 bits per heavy atom. The smallest absolute Gasteiger partial charge is 0.217 e. The van der Waals surface area contributed by atoms with Gasteiger partial charge in [0.1, 0.15) is 73.1 Å². The first-order chi connectivity index (χ1) is 52.1. The molecule has 4 aliphatic heterocycles. The largest absolute Gasteiger partial charge is 0.400 e. The van der Waals surface area contributed by atoms with Crippen molar-refractivity contribution in [1.29, 1.82) is 5.53 Å². The standard InChI is InChI=1S/C71H130N16O22/c1-44-59(94)61(96)52(40-88)106-67(44)102-28-18-8-13-23-75-32-49(78-73)37-84(33-48(72)34-85(74)25-14-9-19-30-104-69-57(76-46(3)92)65(100)63(98)54(42-90)108-69)56(71(5,6)7)22-12-17-24-83(35-50-38-86(81-79-50)26-15-10-20-29-103-68-45(2)60(95)62(97)53(41-89)107-68)36-51-39-87(82-80-51)27-16-11-21-31-105-70-58(77-47(4)93)66(101)64(99)55(43-91)109-70/h32,34,38-39,44-45,52-70,73,75,88-91,94-101H,8-31,33,35-37,40-43,72,74H2,1-7H3,(H,76,92)(H,77,93)/b48-34-,49-32-,78-73?/t44-,45-,52-,53-,54-,55-,56?,57-,58-,59-,60-,61+,62+,63+,64+,65-,66-,67-,68-,69-,70-/m1/s1. The van der Waals surface area contributed by atoms with E-state index in [4.69, 9.17) is 55.0 Å². The summed E-state index contributed by atoms with van der Waals surface area (Å²) < 4.78 is 50.1. The number of aromatic nitrogens is 6. The number of amides is 2. The lowest BCUT2D eigenvalue weighted by molar-refractivity contribution is -0.282. The molecule has 0 radical (unpaired) electrons. The minimum absolute atomic E-state index is 0.100. The Morgan fingerprint density at radius 1 is 0.578 bits per heavy atom. The number of carbonyl (C=O) groups excluding carboxylic acids is 2. The van der Waals surface area contributed by atoms with Crippen LogP contribution in [0.1, 0.15) is 156 Å². The molecule has 0 bridgehead atoms. The Bertz CT molecular complexity index is 2960. The molecule has 6 heterocycles. The fourth-order valence-corrected chi connectivity index (χ4v) is 13.9. The zero-order valence-corrected chi connectivity index (χ0v) is 64.6. The minimum Gasteiger partial charge on any atom is -0.400 e. The number of rotatable bonds is 51. The Balaban J connectivity index is 1.09. The van der Waals surface area contributed by atoms with Gasteiger partial charge in [-0.05, 0) is 102 Å². The summed E-state index contributed by atoms with van der Waals surface area (Å²) in [6.45, 7) is 15.9. The van der Waals surface area contributed by atoms with Crippen LogP contribution in [0.2, 0.25) is 0 Å². The number of aryl methyl sites for hydroxylation is 2. The molecule has 0 saturated carbocycles. The molecule has 2 amide bonds. The van der Waals surface area contributed by atoms with Crippen LogP contribution in [0.15, 0.2) is 41.3 Å². The molecule has 109 heavy (non-hydrogen) atoms. The van der Waals surface area contributed by atoms with E-state index >= 15 is 0 Å². The summed E-state index contributed by atoms with van der Waals surface area (Å²) in [6.07, 6.45) is -0.0312. The number of hydrazine groups is 1. The topological polar surface area (TPSA) is 546 Å². The van der Waals surface area contributed by atoms with Crippen LogP contribution in [-0.2, 0) is 73.7 Å². The summed E-state index contributed by atoms with van der Waals surface area (Å²) in [5, 5.41) is 154. The van der Waals surface area contributed by atoms with Gasteiger partial charge in [0.05, 0.1) is 55.7 Å². The van der Waals surface area contributed by atoms with Crippen molar-refractivity contribution in [3.63, 3.8) is 0 Å². The molecule has 0 aliphatic carbocycles. The van der Waals surface area contributed by atoms with Gasteiger partial charge in [-0.25, -0.2) is 11.4 Å². The summed E-state index contributed by atoms with van der Waals surface area (Å²) in [4.78, 5) is 28.3. The van der Waals surface area contributed by atoms with Crippen LogP contribution in [-0.4, -0.2) is 320 Å². The zero-order chi connectivity index (χ0) is 79.7. The molecule has 4 fully saturated rings. The maximum absolute atomic E-state index is 11.9. The van der Waals surface area contributed by atoms with E-state index in [0.29, 0.717) is 109 Å². The number of aliphatic hydroxyl groups excluding tert-OH is 12. The van der Waals surface area contributed by atoms with Crippen LogP contribution < -0.4 is 27.5 Å². The summed E-state index contributed by atoms with van der Waals surface area (Å²) in [7, 11) is 0. The quantitative estimate of drug-likeness (QED) is 0.0147. The summed E-state index contributed by atoms with van der Waals surface area (Å²) in [5.74, 6) is 4.72. The number of aliphatic hydroxyl groups is 12. The summed E-state index contributed by atoms with van der Waals surface area (Å²) in [5.41, 5.74) is 17.4. The van der Waals surface area contributed by atoms with E-state index in [1.54, 1.807) is 30.9 Å². The van der Waals surface area contributed by atoms with E-state index in [-0.39, 0.29) is 37.8 Å². The van der Waals surface area contributed by atoms with Crippen molar-refractivity contribution in [2.75, 3.05) is 85.6 Å².